The van der Waals surface area contributed by atoms with Crippen molar-refractivity contribution in [2.75, 3.05) is 19.4 Å². The van der Waals surface area contributed by atoms with Crippen LogP contribution in [0.4, 0.5) is 11.4 Å². The number of nitriles is 1. The average Bonchev–Trinajstić information content (AvgIpc) is 3.30. The van der Waals surface area contributed by atoms with Crippen molar-refractivity contribution in [3.8, 4) is 6.07 Å². The highest BCUT2D eigenvalue weighted by Crippen LogP contribution is 2.37. The minimum absolute atomic E-state index is 0.187. The molecule has 198 valence electrons. The summed E-state index contributed by atoms with van der Waals surface area (Å²) in [6, 6.07) is 32.1. The number of aliphatic imine (C=N–C) groups is 1. The molecule has 1 atom stereocenters. The molecule has 2 amide bonds. The van der Waals surface area contributed by atoms with Crippen LogP contribution >= 0.6 is 0 Å². The fourth-order valence-electron chi connectivity index (χ4n) is 4.79. The number of rotatable bonds is 8. The smallest absolute Gasteiger partial charge is 0.251 e. The van der Waals surface area contributed by atoms with Gasteiger partial charge in [0.2, 0.25) is 5.91 Å². The summed E-state index contributed by atoms with van der Waals surface area (Å²) < 4.78 is 0. The highest BCUT2D eigenvalue weighted by molar-refractivity contribution is 6.24. The van der Waals surface area contributed by atoms with E-state index in [1.807, 2.05) is 74.8 Å². The maximum atomic E-state index is 13.3. The van der Waals surface area contributed by atoms with Crippen LogP contribution in [0.2, 0.25) is 0 Å². The van der Waals surface area contributed by atoms with Crippen molar-refractivity contribution in [2.24, 2.45) is 4.99 Å². The molecule has 0 fully saturated rings. The van der Waals surface area contributed by atoms with Gasteiger partial charge in [0.25, 0.3) is 5.91 Å². The van der Waals surface area contributed by atoms with E-state index in [2.05, 4.69) is 21.6 Å². The minimum Gasteiger partial charge on any atom is -0.348 e. The van der Waals surface area contributed by atoms with Gasteiger partial charge in [0.15, 0.2) is 0 Å². The Morgan fingerprint density at radius 3 is 2.42 bits per heavy atom. The molecule has 0 saturated heterocycles. The summed E-state index contributed by atoms with van der Waals surface area (Å²) in [5, 5.41) is 15.0. The van der Waals surface area contributed by atoms with Gasteiger partial charge in [-0.05, 0) is 78.8 Å². The zero-order valence-corrected chi connectivity index (χ0v) is 22.4. The third kappa shape index (κ3) is 5.98. The van der Waals surface area contributed by atoms with Gasteiger partial charge >= 0.3 is 0 Å². The summed E-state index contributed by atoms with van der Waals surface area (Å²) in [4.78, 5) is 33.5. The number of fused-ring (bicyclic) bond motifs is 1. The number of anilines is 1. The summed E-state index contributed by atoms with van der Waals surface area (Å²) in [6.45, 7) is 1.11. The second-order valence-corrected chi connectivity index (χ2v) is 9.99. The molecule has 0 aromatic heterocycles. The van der Waals surface area contributed by atoms with Gasteiger partial charge in [0, 0.05) is 24.3 Å². The second-order valence-electron chi connectivity index (χ2n) is 9.99. The molecule has 0 bridgehead atoms. The van der Waals surface area contributed by atoms with Gasteiger partial charge in [-0.2, -0.15) is 5.26 Å². The first-order valence-corrected chi connectivity index (χ1v) is 13.0. The SMILES string of the molecule is CN(C)Cc1ccc(N=C(c2ccccc2)C2C(=O)Nc3ccc(C(=O)NCc4cccc(C#N)c4)cc32)cc1. The van der Waals surface area contributed by atoms with Gasteiger partial charge in [-0.1, -0.05) is 54.6 Å². The van der Waals surface area contributed by atoms with Crippen molar-refractivity contribution >= 4 is 28.9 Å². The second kappa shape index (κ2) is 11.8. The predicted molar refractivity (Wildman–Crippen MR) is 157 cm³/mol. The number of nitrogens with zero attached hydrogens (tertiary/aromatic N) is 3. The summed E-state index contributed by atoms with van der Waals surface area (Å²) in [5.41, 5.74) is 6.55. The molecule has 40 heavy (non-hydrogen) atoms. The standard InChI is InChI=1S/C33H29N5O2/c1-38(2)21-22-11-14-27(15-12-22)36-31(25-9-4-3-5-10-25)30-28-18-26(13-16-29(28)37-33(30)40)32(39)35-20-24-8-6-7-23(17-24)19-34/h3-18,30H,20-21H2,1-2H3,(H,35,39)(H,37,40). The Hall–Kier alpha value is -5.06. The fraction of sp³-hybridized carbons (Fsp3) is 0.152. The number of hydrogen-bond donors (Lipinski definition) is 2. The van der Waals surface area contributed by atoms with Crippen molar-refractivity contribution in [3.63, 3.8) is 0 Å². The van der Waals surface area contributed by atoms with E-state index in [9.17, 15) is 9.59 Å². The Bertz CT molecular complexity index is 1620. The Morgan fingerprint density at radius 2 is 1.70 bits per heavy atom. The zero-order chi connectivity index (χ0) is 28.1. The molecule has 5 rings (SSSR count). The topological polar surface area (TPSA) is 97.6 Å². The largest absolute Gasteiger partial charge is 0.348 e. The molecule has 1 aliphatic heterocycles. The Kier molecular flexibility index (Phi) is 7.81. The normalized spacial score (nSPS) is 14.4. The van der Waals surface area contributed by atoms with Gasteiger partial charge in [0.1, 0.15) is 5.92 Å². The summed E-state index contributed by atoms with van der Waals surface area (Å²) in [5.74, 6) is -1.13. The van der Waals surface area contributed by atoms with Crippen molar-refractivity contribution in [2.45, 2.75) is 19.0 Å². The van der Waals surface area contributed by atoms with Crippen LogP contribution < -0.4 is 10.6 Å². The molecule has 0 aliphatic carbocycles. The fourth-order valence-corrected chi connectivity index (χ4v) is 4.79. The van der Waals surface area contributed by atoms with Crippen LogP contribution in [0.5, 0.6) is 0 Å². The monoisotopic (exact) mass is 527 g/mol. The molecular formula is C33H29N5O2. The molecule has 0 spiro atoms. The number of amides is 2. The highest BCUT2D eigenvalue weighted by Gasteiger charge is 2.36. The first-order chi connectivity index (χ1) is 19.4. The number of carbonyl (C=O) groups excluding carboxylic acids is 2. The third-order valence-corrected chi connectivity index (χ3v) is 6.68. The van der Waals surface area contributed by atoms with E-state index >= 15 is 0 Å². The van der Waals surface area contributed by atoms with E-state index in [1.54, 1.807) is 36.4 Å². The maximum absolute atomic E-state index is 13.3. The Labute approximate surface area is 233 Å². The summed E-state index contributed by atoms with van der Waals surface area (Å²) in [7, 11) is 4.05. The quantitative estimate of drug-likeness (QED) is 0.300. The van der Waals surface area contributed by atoms with Gasteiger partial charge in [-0.3, -0.25) is 14.6 Å². The summed E-state index contributed by atoms with van der Waals surface area (Å²) in [6.07, 6.45) is 0. The molecule has 7 heteroatoms. The van der Waals surface area contributed by atoms with E-state index in [0.29, 0.717) is 28.1 Å². The lowest BCUT2D eigenvalue weighted by Gasteiger charge is -2.15. The van der Waals surface area contributed by atoms with Gasteiger partial charge in [-0.25, -0.2) is 0 Å². The van der Waals surface area contributed by atoms with E-state index in [1.165, 1.54) is 5.56 Å². The van der Waals surface area contributed by atoms with Gasteiger partial charge in [0.05, 0.1) is 23.0 Å². The molecular weight excluding hydrogens is 498 g/mol. The zero-order valence-electron chi connectivity index (χ0n) is 22.4. The first kappa shape index (κ1) is 26.5. The van der Waals surface area contributed by atoms with Crippen LogP contribution in [-0.2, 0) is 17.9 Å². The van der Waals surface area contributed by atoms with Crippen LogP contribution in [0.3, 0.4) is 0 Å². The lowest BCUT2D eigenvalue weighted by atomic mass is 9.89. The van der Waals surface area contributed by atoms with Crippen molar-refractivity contribution in [3.05, 3.63) is 130 Å². The number of benzene rings is 4. The van der Waals surface area contributed by atoms with Crippen molar-refractivity contribution in [1.29, 1.82) is 5.26 Å². The van der Waals surface area contributed by atoms with Gasteiger partial charge in [-0.15, -0.1) is 0 Å². The van der Waals surface area contributed by atoms with E-state index in [-0.39, 0.29) is 18.4 Å². The number of nitrogens with one attached hydrogen (secondary N) is 2. The maximum Gasteiger partial charge on any atom is 0.251 e. The lowest BCUT2D eigenvalue weighted by molar-refractivity contribution is -0.115. The molecule has 0 saturated carbocycles. The minimum atomic E-state index is -0.682. The molecule has 7 nitrogen and oxygen atoms in total. The van der Waals surface area contributed by atoms with E-state index in [0.717, 1.165) is 23.4 Å². The molecule has 4 aromatic carbocycles. The van der Waals surface area contributed by atoms with Crippen molar-refractivity contribution < 1.29 is 9.59 Å². The Balaban J connectivity index is 1.46. The van der Waals surface area contributed by atoms with Crippen LogP contribution in [-0.4, -0.2) is 36.5 Å². The molecule has 1 aliphatic rings. The molecule has 1 heterocycles. The molecule has 2 N–H and O–H groups in total. The van der Waals surface area contributed by atoms with Crippen molar-refractivity contribution in [1.82, 2.24) is 10.2 Å². The van der Waals surface area contributed by atoms with Crippen LogP contribution in [0.1, 0.15) is 44.1 Å². The molecule has 1 unspecified atom stereocenters. The van der Waals surface area contributed by atoms with Crippen LogP contribution in [0.15, 0.2) is 102 Å². The van der Waals surface area contributed by atoms with E-state index < -0.39 is 5.92 Å². The number of hydrogen-bond acceptors (Lipinski definition) is 5. The third-order valence-electron chi connectivity index (χ3n) is 6.68. The predicted octanol–water partition coefficient (Wildman–Crippen LogP) is 5.41. The molecule has 0 radical (unpaired) electrons. The number of carbonyl (C=O) groups is 2. The van der Waals surface area contributed by atoms with Crippen LogP contribution in [0, 0.1) is 11.3 Å². The van der Waals surface area contributed by atoms with E-state index in [4.69, 9.17) is 10.3 Å². The molecule has 4 aromatic rings. The summed E-state index contributed by atoms with van der Waals surface area (Å²) >= 11 is 0. The lowest BCUT2D eigenvalue weighted by Crippen LogP contribution is -2.24. The van der Waals surface area contributed by atoms with Gasteiger partial charge < -0.3 is 15.5 Å². The average molecular weight is 528 g/mol. The first-order valence-electron chi connectivity index (χ1n) is 13.0. The van der Waals surface area contributed by atoms with Crippen LogP contribution in [0.25, 0.3) is 0 Å². The highest BCUT2D eigenvalue weighted by atomic mass is 16.2. The Morgan fingerprint density at radius 1 is 0.925 bits per heavy atom.